The lowest BCUT2D eigenvalue weighted by molar-refractivity contribution is -0.120. The third-order valence-electron chi connectivity index (χ3n) is 1.48. The van der Waals surface area contributed by atoms with Crippen molar-refractivity contribution in [1.82, 2.24) is 4.90 Å². The van der Waals surface area contributed by atoms with E-state index < -0.39 is 0 Å². The number of hydrogen-bond donors (Lipinski definition) is 2. The van der Waals surface area contributed by atoms with Crippen LogP contribution in [-0.4, -0.2) is 41.4 Å². The Labute approximate surface area is 67.4 Å². The molecule has 0 aromatic carbocycles. The van der Waals surface area contributed by atoms with Crippen molar-refractivity contribution in [2.45, 2.75) is 26.5 Å². The van der Waals surface area contributed by atoms with Crippen LogP contribution >= 0.6 is 0 Å². The van der Waals surface area contributed by atoms with E-state index >= 15 is 0 Å². The van der Waals surface area contributed by atoms with Crippen molar-refractivity contribution in [2.75, 3.05) is 20.1 Å². The van der Waals surface area contributed by atoms with Crippen LogP contribution in [0.5, 0.6) is 0 Å². The van der Waals surface area contributed by atoms with Gasteiger partial charge in [-0.25, -0.2) is 4.90 Å². The minimum Gasteiger partial charge on any atom is -0.381 e. The molecule has 0 amide bonds. The van der Waals surface area contributed by atoms with Gasteiger partial charge in [0, 0.05) is 6.61 Å². The lowest BCUT2D eigenvalue weighted by atomic mass is 10.4. The van der Waals surface area contributed by atoms with Crippen molar-refractivity contribution >= 4 is 0 Å². The number of hydrogen-bond acceptors (Lipinski definition) is 4. The molecule has 4 nitrogen and oxygen atoms in total. The van der Waals surface area contributed by atoms with Gasteiger partial charge in [0.1, 0.15) is 6.23 Å². The molecule has 0 spiro atoms. The summed E-state index contributed by atoms with van der Waals surface area (Å²) in [7, 11) is 0. The molecule has 0 aromatic heterocycles. The van der Waals surface area contributed by atoms with E-state index in [0.29, 0.717) is 6.61 Å². The molecular weight excluding hydrogens is 146 g/mol. The summed E-state index contributed by atoms with van der Waals surface area (Å²) >= 11 is 0. The summed E-state index contributed by atoms with van der Waals surface area (Å²) in [5.41, 5.74) is 0. The molecule has 0 aliphatic rings. The van der Waals surface area contributed by atoms with E-state index in [9.17, 15) is 0 Å². The molecule has 1 unspecified atom stereocenters. The number of nitrogens with zero attached hydrogens (tertiary/aromatic N) is 1. The highest BCUT2D eigenvalue weighted by Gasteiger charge is 2.13. The van der Waals surface area contributed by atoms with Crippen molar-refractivity contribution in [2.24, 2.45) is 0 Å². The maximum Gasteiger partial charge on any atom is 0.113 e. The Morgan fingerprint density at radius 1 is 1.27 bits per heavy atom. The Hall–Kier alpha value is -0.160. The standard InChI is InChI=1S/C7H17NO3/c1-3-7(11-4-2)8(5-9)6-10/h7,9-10H,3-6H2,1-2H3. The van der Waals surface area contributed by atoms with E-state index in [1.165, 1.54) is 4.90 Å². The van der Waals surface area contributed by atoms with E-state index in [1.54, 1.807) is 0 Å². The van der Waals surface area contributed by atoms with E-state index in [4.69, 9.17) is 14.9 Å². The fraction of sp³-hybridized carbons (Fsp3) is 1.00. The maximum absolute atomic E-state index is 8.74. The van der Waals surface area contributed by atoms with Gasteiger partial charge in [-0.2, -0.15) is 0 Å². The van der Waals surface area contributed by atoms with Gasteiger partial charge in [0.25, 0.3) is 0 Å². The van der Waals surface area contributed by atoms with Gasteiger partial charge in [0.2, 0.25) is 0 Å². The summed E-state index contributed by atoms with van der Waals surface area (Å²) in [6.45, 7) is 4.08. The third kappa shape index (κ3) is 3.67. The molecule has 0 aliphatic carbocycles. The summed E-state index contributed by atoms with van der Waals surface area (Å²) in [5.74, 6) is 0. The van der Waals surface area contributed by atoms with Crippen molar-refractivity contribution in [3.63, 3.8) is 0 Å². The van der Waals surface area contributed by atoms with Crippen LogP contribution in [0.2, 0.25) is 0 Å². The Balaban J connectivity index is 3.76. The zero-order chi connectivity index (χ0) is 8.69. The van der Waals surface area contributed by atoms with Crippen LogP contribution < -0.4 is 0 Å². The van der Waals surface area contributed by atoms with Crippen LogP contribution in [0.25, 0.3) is 0 Å². The molecule has 0 aliphatic heterocycles. The number of aliphatic hydroxyl groups excluding tert-OH is 2. The van der Waals surface area contributed by atoms with Crippen LogP contribution in [0.4, 0.5) is 0 Å². The number of rotatable bonds is 6. The Morgan fingerprint density at radius 3 is 2.09 bits per heavy atom. The van der Waals surface area contributed by atoms with E-state index in [0.717, 1.165) is 6.42 Å². The van der Waals surface area contributed by atoms with E-state index in [2.05, 4.69) is 0 Å². The number of ether oxygens (including phenoxy) is 1. The summed E-state index contributed by atoms with van der Waals surface area (Å²) in [5, 5.41) is 17.5. The van der Waals surface area contributed by atoms with Gasteiger partial charge in [-0.15, -0.1) is 0 Å². The second-order valence-corrected chi connectivity index (χ2v) is 2.19. The summed E-state index contributed by atoms with van der Waals surface area (Å²) < 4.78 is 5.24. The molecule has 4 heteroatoms. The molecule has 0 aromatic rings. The Bertz CT molecular complexity index is 85.8. The van der Waals surface area contributed by atoms with Gasteiger partial charge in [0.05, 0.1) is 13.5 Å². The molecule has 0 rings (SSSR count). The second kappa shape index (κ2) is 6.54. The lowest BCUT2D eigenvalue weighted by Gasteiger charge is -2.26. The average molecular weight is 163 g/mol. The van der Waals surface area contributed by atoms with Gasteiger partial charge in [-0.05, 0) is 13.3 Å². The topological polar surface area (TPSA) is 52.9 Å². The zero-order valence-electron chi connectivity index (χ0n) is 7.16. The number of aliphatic hydroxyl groups is 2. The van der Waals surface area contributed by atoms with Crippen molar-refractivity contribution in [3.8, 4) is 0 Å². The predicted molar refractivity (Wildman–Crippen MR) is 41.7 cm³/mol. The molecule has 1 atom stereocenters. The average Bonchev–Trinajstić information content (AvgIpc) is 2.05. The minimum absolute atomic E-state index is 0.171. The fourth-order valence-corrected chi connectivity index (χ4v) is 0.901. The SMILES string of the molecule is CCOC(CC)N(CO)CO. The maximum atomic E-state index is 8.74. The largest absolute Gasteiger partial charge is 0.381 e. The summed E-state index contributed by atoms with van der Waals surface area (Å²) in [6.07, 6.45) is 0.588. The van der Waals surface area contributed by atoms with Crippen LogP contribution in [0.1, 0.15) is 20.3 Å². The molecule has 0 saturated carbocycles. The van der Waals surface area contributed by atoms with Gasteiger partial charge in [-0.1, -0.05) is 6.92 Å². The molecule has 0 radical (unpaired) electrons. The highest BCUT2D eigenvalue weighted by molar-refractivity contribution is 4.52. The third-order valence-corrected chi connectivity index (χ3v) is 1.48. The highest BCUT2D eigenvalue weighted by atomic mass is 16.5. The van der Waals surface area contributed by atoms with Gasteiger partial charge < -0.3 is 14.9 Å². The monoisotopic (exact) mass is 163 g/mol. The summed E-state index contributed by atoms with van der Waals surface area (Å²) in [6, 6.07) is 0. The van der Waals surface area contributed by atoms with Crippen molar-refractivity contribution in [3.05, 3.63) is 0 Å². The zero-order valence-corrected chi connectivity index (χ0v) is 7.16. The second-order valence-electron chi connectivity index (χ2n) is 2.19. The smallest absolute Gasteiger partial charge is 0.113 e. The first-order chi connectivity index (χ1) is 5.29. The highest BCUT2D eigenvalue weighted by Crippen LogP contribution is 2.03. The van der Waals surface area contributed by atoms with Crippen LogP contribution in [0, 0.1) is 0 Å². The van der Waals surface area contributed by atoms with Gasteiger partial charge in [0.15, 0.2) is 0 Å². The quantitative estimate of drug-likeness (QED) is 0.539. The summed E-state index contributed by atoms with van der Waals surface area (Å²) in [4.78, 5) is 1.45. The van der Waals surface area contributed by atoms with E-state index in [-0.39, 0.29) is 19.7 Å². The van der Waals surface area contributed by atoms with Crippen LogP contribution in [0.15, 0.2) is 0 Å². The first kappa shape index (κ1) is 10.8. The minimum atomic E-state index is -0.172. The van der Waals surface area contributed by atoms with Crippen molar-refractivity contribution < 1.29 is 14.9 Å². The van der Waals surface area contributed by atoms with Gasteiger partial charge in [-0.3, -0.25) is 0 Å². The lowest BCUT2D eigenvalue weighted by Crippen LogP contribution is -2.38. The molecule has 0 heterocycles. The predicted octanol–water partition coefficient (Wildman–Crippen LogP) is -0.0394. The normalized spacial score (nSPS) is 13.9. The van der Waals surface area contributed by atoms with Crippen LogP contribution in [-0.2, 0) is 4.74 Å². The van der Waals surface area contributed by atoms with E-state index in [1.807, 2.05) is 13.8 Å². The Kier molecular flexibility index (Phi) is 6.45. The first-order valence-corrected chi connectivity index (χ1v) is 3.87. The fourth-order valence-electron chi connectivity index (χ4n) is 0.901. The van der Waals surface area contributed by atoms with Crippen LogP contribution in [0.3, 0.4) is 0 Å². The molecule has 11 heavy (non-hydrogen) atoms. The Morgan fingerprint density at radius 2 is 1.82 bits per heavy atom. The molecule has 0 saturated heterocycles. The molecule has 2 N–H and O–H groups in total. The first-order valence-electron chi connectivity index (χ1n) is 3.87. The molecule has 0 fully saturated rings. The van der Waals surface area contributed by atoms with Crippen molar-refractivity contribution in [1.29, 1.82) is 0 Å². The molecule has 68 valence electrons. The molecular formula is C7H17NO3. The van der Waals surface area contributed by atoms with Gasteiger partial charge >= 0.3 is 0 Å². The molecule has 0 bridgehead atoms.